The Morgan fingerprint density at radius 1 is 1.29 bits per heavy atom. The van der Waals surface area contributed by atoms with Crippen LogP contribution in [0.15, 0.2) is 6.33 Å². The van der Waals surface area contributed by atoms with Crippen LogP contribution in [0.4, 0.5) is 0 Å². The Labute approximate surface area is 122 Å². The number of methoxy groups -OCH3 is 2. The summed E-state index contributed by atoms with van der Waals surface area (Å²) in [5, 5.41) is 3.10. The van der Waals surface area contributed by atoms with Gasteiger partial charge in [0.05, 0.1) is 25.8 Å². The Hall–Kier alpha value is -2.22. The number of carbonyl (C=O) groups excluding carboxylic acids is 2. The molecule has 2 amide bonds. The van der Waals surface area contributed by atoms with E-state index < -0.39 is 6.04 Å². The summed E-state index contributed by atoms with van der Waals surface area (Å²) in [6.07, 6.45) is 2.17. The molecule has 1 aliphatic rings. The summed E-state index contributed by atoms with van der Waals surface area (Å²) in [6, 6.07) is -0.415. The molecule has 1 fully saturated rings. The third kappa shape index (κ3) is 3.10. The first-order chi connectivity index (χ1) is 10.1. The van der Waals surface area contributed by atoms with Gasteiger partial charge in [-0.1, -0.05) is 0 Å². The van der Waals surface area contributed by atoms with Gasteiger partial charge in [-0.15, -0.1) is 0 Å². The zero-order valence-corrected chi connectivity index (χ0v) is 12.3. The molecule has 0 radical (unpaired) electrons. The minimum Gasteiger partial charge on any atom is -0.481 e. The highest BCUT2D eigenvalue weighted by Gasteiger charge is 2.31. The molecule has 8 nitrogen and oxygen atoms in total. The monoisotopic (exact) mass is 294 g/mol. The number of ether oxygens (including phenoxy) is 2. The van der Waals surface area contributed by atoms with E-state index in [0.29, 0.717) is 36.7 Å². The van der Waals surface area contributed by atoms with Crippen LogP contribution in [0.1, 0.15) is 18.4 Å². The predicted molar refractivity (Wildman–Crippen MR) is 72.8 cm³/mol. The summed E-state index contributed by atoms with van der Waals surface area (Å²) in [6.45, 7) is 0.311. The van der Waals surface area contributed by atoms with E-state index in [1.807, 2.05) is 0 Å². The average Bonchev–Trinajstić information content (AvgIpc) is 2.51. The van der Waals surface area contributed by atoms with Gasteiger partial charge in [0.2, 0.25) is 23.6 Å². The molecule has 1 aliphatic heterocycles. The van der Waals surface area contributed by atoms with Crippen molar-refractivity contribution in [2.75, 3.05) is 21.3 Å². The highest BCUT2D eigenvalue weighted by Crippen LogP contribution is 2.23. The van der Waals surface area contributed by atoms with E-state index in [2.05, 4.69) is 15.3 Å². The van der Waals surface area contributed by atoms with Crippen molar-refractivity contribution >= 4 is 11.8 Å². The number of imide groups is 1. The summed E-state index contributed by atoms with van der Waals surface area (Å²) in [5.74, 6) is 0.390. The fourth-order valence-corrected chi connectivity index (χ4v) is 2.21. The summed E-state index contributed by atoms with van der Waals surface area (Å²) in [4.78, 5) is 32.6. The molecule has 1 N–H and O–H groups in total. The normalized spacial score (nSPS) is 18.8. The number of rotatable bonds is 5. The summed E-state index contributed by atoms with van der Waals surface area (Å²) in [5.41, 5.74) is 0.634. The first-order valence-corrected chi connectivity index (χ1v) is 6.54. The Bertz CT molecular complexity index is 527. The van der Waals surface area contributed by atoms with E-state index >= 15 is 0 Å². The van der Waals surface area contributed by atoms with Crippen molar-refractivity contribution in [3.8, 4) is 11.8 Å². The number of aromatic nitrogens is 2. The van der Waals surface area contributed by atoms with Crippen LogP contribution >= 0.6 is 0 Å². The molecule has 0 aliphatic carbocycles. The van der Waals surface area contributed by atoms with Gasteiger partial charge in [-0.05, 0) is 6.42 Å². The van der Waals surface area contributed by atoms with E-state index in [0.717, 1.165) is 4.90 Å². The molecule has 1 aromatic rings. The minimum absolute atomic E-state index is 0.156. The maximum atomic E-state index is 12.0. The van der Waals surface area contributed by atoms with Crippen molar-refractivity contribution in [2.24, 2.45) is 0 Å². The molecule has 0 saturated carbocycles. The first-order valence-electron chi connectivity index (χ1n) is 6.54. The predicted octanol–water partition coefficient (Wildman–Crippen LogP) is -0.269. The molecule has 1 aromatic heterocycles. The lowest BCUT2D eigenvalue weighted by molar-refractivity contribution is -0.148. The zero-order chi connectivity index (χ0) is 15.4. The van der Waals surface area contributed by atoms with Crippen molar-refractivity contribution in [3.63, 3.8) is 0 Å². The molecule has 0 spiro atoms. The Kier molecular flexibility index (Phi) is 4.69. The number of likely N-dealkylation sites (N-methyl/N-ethyl adjacent to an activating group) is 1. The van der Waals surface area contributed by atoms with Crippen molar-refractivity contribution < 1.29 is 19.1 Å². The molecule has 21 heavy (non-hydrogen) atoms. The average molecular weight is 294 g/mol. The van der Waals surface area contributed by atoms with Crippen molar-refractivity contribution in [3.05, 3.63) is 11.9 Å². The van der Waals surface area contributed by atoms with Crippen LogP contribution in [0, 0.1) is 0 Å². The molecule has 1 atom stereocenters. The van der Waals surface area contributed by atoms with Crippen molar-refractivity contribution in [1.29, 1.82) is 0 Å². The van der Waals surface area contributed by atoms with Crippen LogP contribution in [-0.4, -0.2) is 54.0 Å². The fourth-order valence-electron chi connectivity index (χ4n) is 2.21. The molecular weight excluding hydrogens is 276 g/mol. The SMILES string of the molecule is COc1ncnc(OC)c1CNC1CCC(=O)N(C)C1=O. The molecule has 8 heteroatoms. The van der Waals surface area contributed by atoms with Gasteiger partial charge in [-0.3, -0.25) is 14.5 Å². The highest BCUT2D eigenvalue weighted by atomic mass is 16.5. The van der Waals surface area contributed by atoms with Gasteiger partial charge in [0.15, 0.2) is 0 Å². The third-order valence-electron chi connectivity index (χ3n) is 3.43. The smallest absolute Gasteiger partial charge is 0.246 e. The maximum absolute atomic E-state index is 12.0. The summed E-state index contributed by atoms with van der Waals surface area (Å²) < 4.78 is 10.3. The number of nitrogens with zero attached hydrogens (tertiary/aromatic N) is 3. The van der Waals surface area contributed by atoms with E-state index in [4.69, 9.17) is 9.47 Å². The van der Waals surface area contributed by atoms with Crippen LogP contribution in [-0.2, 0) is 16.1 Å². The van der Waals surface area contributed by atoms with Gasteiger partial charge < -0.3 is 14.8 Å². The molecule has 1 unspecified atom stereocenters. The number of piperidine rings is 1. The van der Waals surface area contributed by atoms with E-state index in [1.165, 1.54) is 27.6 Å². The van der Waals surface area contributed by atoms with E-state index in [-0.39, 0.29) is 11.8 Å². The highest BCUT2D eigenvalue weighted by molar-refractivity contribution is 6.00. The molecule has 2 rings (SSSR count). The van der Waals surface area contributed by atoms with Gasteiger partial charge >= 0.3 is 0 Å². The van der Waals surface area contributed by atoms with Crippen molar-refractivity contribution in [1.82, 2.24) is 20.2 Å². The van der Waals surface area contributed by atoms with Crippen LogP contribution < -0.4 is 14.8 Å². The van der Waals surface area contributed by atoms with Gasteiger partial charge in [0.1, 0.15) is 6.33 Å². The van der Waals surface area contributed by atoms with Gasteiger partial charge in [-0.25, -0.2) is 9.97 Å². The number of hydrogen-bond donors (Lipinski definition) is 1. The Balaban J connectivity index is 2.10. The number of hydrogen-bond acceptors (Lipinski definition) is 7. The van der Waals surface area contributed by atoms with Gasteiger partial charge in [0, 0.05) is 20.0 Å². The van der Waals surface area contributed by atoms with Gasteiger partial charge in [0.25, 0.3) is 0 Å². The zero-order valence-electron chi connectivity index (χ0n) is 12.3. The topological polar surface area (TPSA) is 93.7 Å². The molecule has 114 valence electrons. The second-order valence-electron chi connectivity index (χ2n) is 4.63. The quantitative estimate of drug-likeness (QED) is 0.747. The van der Waals surface area contributed by atoms with E-state index in [1.54, 1.807) is 0 Å². The molecule has 0 bridgehead atoms. The number of likely N-dealkylation sites (tertiary alicyclic amines) is 1. The summed E-state index contributed by atoms with van der Waals surface area (Å²) in [7, 11) is 4.50. The minimum atomic E-state index is -0.415. The number of nitrogens with one attached hydrogen (secondary N) is 1. The third-order valence-corrected chi connectivity index (χ3v) is 3.43. The van der Waals surface area contributed by atoms with E-state index in [9.17, 15) is 9.59 Å². The lowest BCUT2D eigenvalue weighted by Gasteiger charge is -2.28. The van der Waals surface area contributed by atoms with Crippen LogP contribution in [0.3, 0.4) is 0 Å². The summed E-state index contributed by atoms with van der Waals surface area (Å²) >= 11 is 0. The molecular formula is C13H18N4O4. The Morgan fingerprint density at radius 2 is 1.90 bits per heavy atom. The largest absolute Gasteiger partial charge is 0.481 e. The number of amides is 2. The fraction of sp³-hybridized carbons (Fsp3) is 0.538. The lowest BCUT2D eigenvalue weighted by Crippen LogP contribution is -2.51. The first kappa shape index (κ1) is 15.2. The second kappa shape index (κ2) is 6.49. The van der Waals surface area contributed by atoms with Crippen LogP contribution in [0.2, 0.25) is 0 Å². The standard InChI is InChI=1S/C13H18N4O4/c1-17-10(18)5-4-9(13(17)19)14-6-8-11(20-2)15-7-16-12(8)21-3/h7,9,14H,4-6H2,1-3H3. The van der Waals surface area contributed by atoms with Gasteiger partial charge in [-0.2, -0.15) is 0 Å². The molecule has 2 heterocycles. The second-order valence-corrected chi connectivity index (χ2v) is 4.63. The molecule has 0 aromatic carbocycles. The molecule has 1 saturated heterocycles. The maximum Gasteiger partial charge on any atom is 0.246 e. The Morgan fingerprint density at radius 3 is 2.48 bits per heavy atom. The lowest BCUT2D eigenvalue weighted by atomic mass is 10.0. The number of carbonyl (C=O) groups is 2. The van der Waals surface area contributed by atoms with Crippen LogP contribution in [0.25, 0.3) is 0 Å². The van der Waals surface area contributed by atoms with Crippen molar-refractivity contribution in [2.45, 2.75) is 25.4 Å². The van der Waals surface area contributed by atoms with Crippen LogP contribution in [0.5, 0.6) is 11.8 Å².